The maximum atomic E-state index is 12.8. The van der Waals surface area contributed by atoms with E-state index in [0.717, 1.165) is 24.0 Å². The molecular formula is C22H34N4O3S. The lowest BCUT2D eigenvalue weighted by Crippen LogP contribution is -2.42. The van der Waals surface area contributed by atoms with Crippen molar-refractivity contribution in [2.75, 3.05) is 32.7 Å². The molecule has 30 heavy (non-hydrogen) atoms. The highest BCUT2D eigenvalue weighted by molar-refractivity contribution is 7.89. The molecule has 7 nitrogen and oxygen atoms in total. The summed E-state index contributed by atoms with van der Waals surface area (Å²) in [4.78, 5) is 15.4. The fraction of sp³-hybridized carbons (Fsp3) is 0.591. The molecule has 0 radical (unpaired) electrons. The highest BCUT2D eigenvalue weighted by atomic mass is 32.2. The number of fused-ring (bicyclic) bond motifs is 1. The van der Waals surface area contributed by atoms with Crippen molar-refractivity contribution in [1.82, 2.24) is 19.1 Å². The predicted molar refractivity (Wildman–Crippen MR) is 120 cm³/mol. The van der Waals surface area contributed by atoms with Crippen LogP contribution in [0.4, 0.5) is 0 Å². The molecule has 0 spiro atoms. The topological polar surface area (TPSA) is 74.7 Å². The number of nitrogens with one attached hydrogen (secondary N) is 1. The standard InChI is InChI=1S/C22H34N4O3S/c1-5-26(6-2)30(28,29)19-10-11-20-18(15-19)16-21(24(20)4)22(27)23-12-14-25-13-8-7-9-17(25)3/h10-11,15-17H,5-9,12-14H2,1-4H3,(H,23,27)/t17-/m1/s1. The lowest BCUT2D eigenvalue weighted by atomic mass is 10.0. The number of aromatic nitrogens is 1. The number of carbonyl (C=O) groups is 1. The number of nitrogens with zero attached hydrogens (tertiary/aromatic N) is 3. The smallest absolute Gasteiger partial charge is 0.267 e. The van der Waals surface area contributed by atoms with Crippen molar-refractivity contribution < 1.29 is 13.2 Å². The third kappa shape index (κ3) is 4.55. The van der Waals surface area contributed by atoms with Crippen LogP contribution in [0.15, 0.2) is 29.2 Å². The number of rotatable bonds is 8. The SMILES string of the molecule is CCN(CC)S(=O)(=O)c1ccc2c(c1)cc(C(=O)NCCN1CCCC[C@H]1C)n2C. The molecule has 1 N–H and O–H groups in total. The predicted octanol–water partition coefficient (Wildman–Crippen LogP) is 2.81. The van der Waals surface area contributed by atoms with E-state index < -0.39 is 10.0 Å². The van der Waals surface area contributed by atoms with Crippen LogP contribution >= 0.6 is 0 Å². The Bertz CT molecular complexity index is 995. The van der Waals surface area contributed by atoms with E-state index in [4.69, 9.17) is 0 Å². The molecule has 8 heteroatoms. The first-order valence-corrected chi connectivity index (χ1v) is 12.4. The molecule has 1 aliphatic rings. The van der Waals surface area contributed by atoms with Crippen molar-refractivity contribution >= 4 is 26.8 Å². The zero-order chi connectivity index (χ0) is 21.9. The van der Waals surface area contributed by atoms with E-state index in [9.17, 15) is 13.2 Å². The number of amides is 1. The van der Waals surface area contributed by atoms with Crippen LogP contribution in [0.3, 0.4) is 0 Å². The van der Waals surface area contributed by atoms with Gasteiger partial charge >= 0.3 is 0 Å². The first-order valence-electron chi connectivity index (χ1n) is 10.9. The van der Waals surface area contributed by atoms with E-state index in [2.05, 4.69) is 17.1 Å². The molecule has 1 aromatic carbocycles. The fourth-order valence-corrected chi connectivity index (χ4v) is 5.81. The van der Waals surface area contributed by atoms with Gasteiger partial charge in [-0.25, -0.2) is 8.42 Å². The van der Waals surface area contributed by atoms with Crippen LogP contribution in [0.5, 0.6) is 0 Å². The zero-order valence-corrected chi connectivity index (χ0v) is 19.3. The lowest BCUT2D eigenvalue weighted by Gasteiger charge is -2.33. The summed E-state index contributed by atoms with van der Waals surface area (Å²) in [5.41, 5.74) is 1.37. The highest BCUT2D eigenvalue weighted by Crippen LogP contribution is 2.24. The number of carbonyl (C=O) groups excluding carboxylic acids is 1. The summed E-state index contributed by atoms with van der Waals surface area (Å²) in [6, 6.07) is 7.40. The second-order valence-corrected chi connectivity index (χ2v) is 9.97. The van der Waals surface area contributed by atoms with Crippen LogP contribution in [0.2, 0.25) is 0 Å². The Kier molecular flexibility index (Phi) is 7.21. The first kappa shape index (κ1) is 22.8. The molecular weight excluding hydrogens is 400 g/mol. The monoisotopic (exact) mass is 434 g/mol. The molecule has 166 valence electrons. The van der Waals surface area contributed by atoms with Crippen molar-refractivity contribution in [3.05, 3.63) is 30.0 Å². The Morgan fingerprint density at radius 3 is 2.60 bits per heavy atom. The molecule has 1 amide bonds. The molecule has 1 aliphatic heterocycles. The zero-order valence-electron chi connectivity index (χ0n) is 18.5. The number of hydrogen-bond donors (Lipinski definition) is 1. The van der Waals surface area contributed by atoms with Gasteiger partial charge in [-0.15, -0.1) is 0 Å². The largest absolute Gasteiger partial charge is 0.349 e. The maximum Gasteiger partial charge on any atom is 0.267 e. The fourth-order valence-electron chi connectivity index (χ4n) is 4.31. The minimum absolute atomic E-state index is 0.133. The Balaban J connectivity index is 1.75. The molecule has 1 saturated heterocycles. The summed E-state index contributed by atoms with van der Waals surface area (Å²) in [5.74, 6) is -0.133. The first-order chi connectivity index (χ1) is 14.3. The molecule has 1 aromatic heterocycles. The molecule has 0 aliphatic carbocycles. The highest BCUT2D eigenvalue weighted by Gasteiger charge is 2.23. The number of likely N-dealkylation sites (tertiary alicyclic amines) is 1. The Morgan fingerprint density at radius 2 is 1.93 bits per heavy atom. The summed E-state index contributed by atoms with van der Waals surface area (Å²) in [6.45, 7) is 9.30. The molecule has 3 rings (SSSR count). The number of aryl methyl sites for hydroxylation is 1. The normalized spacial score (nSPS) is 18.2. The van der Waals surface area contributed by atoms with Gasteiger partial charge in [-0.2, -0.15) is 4.31 Å². The van der Waals surface area contributed by atoms with Crippen LogP contribution in [-0.4, -0.2) is 66.9 Å². The number of benzene rings is 1. The van der Waals surface area contributed by atoms with Crippen molar-refractivity contribution in [3.63, 3.8) is 0 Å². The van der Waals surface area contributed by atoms with E-state index in [-0.39, 0.29) is 10.8 Å². The van der Waals surface area contributed by atoms with Gasteiger partial charge in [0, 0.05) is 50.2 Å². The third-order valence-corrected chi connectivity index (χ3v) is 8.26. The van der Waals surface area contributed by atoms with Gasteiger partial charge in [-0.05, 0) is 50.6 Å². The van der Waals surface area contributed by atoms with Crippen molar-refractivity contribution in [1.29, 1.82) is 0 Å². The molecule has 1 atom stereocenters. The second kappa shape index (κ2) is 9.49. The molecule has 0 bridgehead atoms. The minimum Gasteiger partial charge on any atom is -0.349 e. The van der Waals surface area contributed by atoms with Crippen LogP contribution in [0, 0.1) is 0 Å². The van der Waals surface area contributed by atoms with E-state index in [1.54, 1.807) is 24.3 Å². The Labute approximate surface area is 180 Å². The van der Waals surface area contributed by atoms with E-state index in [0.29, 0.717) is 31.4 Å². The van der Waals surface area contributed by atoms with Gasteiger partial charge < -0.3 is 9.88 Å². The van der Waals surface area contributed by atoms with Crippen molar-refractivity contribution in [3.8, 4) is 0 Å². The maximum absolute atomic E-state index is 12.8. The van der Waals surface area contributed by atoms with Gasteiger partial charge in [0.1, 0.15) is 5.69 Å². The molecule has 2 aromatic rings. The summed E-state index contributed by atoms with van der Waals surface area (Å²) < 4.78 is 28.9. The van der Waals surface area contributed by atoms with Crippen LogP contribution in [0.1, 0.15) is 50.5 Å². The Morgan fingerprint density at radius 1 is 1.20 bits per heavy atom. The van der Waals surface area contributed by atoms with E-state index in [1.165, 1.54) is 23.6 Å². The van der Waals surface area contributed by atoms with Gasteiger partial charge in [-0.1, -0.05) is 20.3 Å². The summed E-state index contributed by atoms with van der Waals surface area (Å²) >= 11 is 0. The molecule has 2 heterocycles. The van der Waals surface area contributed by atoms with Gasteiger partial charge in [0.25, 0.3) is 5.91 Å². The molecule has 0 unspecified atom stereocenters. The van der Waals surface area contributed by atoms with Crippen LogP contribution in [-0.2, 0) is 17.1 Å². The van der Waals surface area contributed by atoms with E-state index in [1.807, 2.05) is 25.5 Å². The van der Waals surface area contributed by atoms with Crippen molar-refractivity contribution in [2.24, 2.45) is 7.05 Å². The Hall–Kier alpha value is -1.90. The summed E-state index contributed by atoms with van der Waals surface area (Å²) in [5, 5.41) is 3.77. The van der Waals surface area contributed by atoms with Crippen LogP contribution < -0.4 is 5.32 Å². The van der Waals surface area contributed by atoms with Gasteiger partial charge in [0.15, 0.2) is 0 Å². The third-order valence-electron chi connectivity index (χ3n) is 6.21. The minimum atomic E-state index is -3.53. The summed E-state index contributed by atoms with van der Waals surface area (Å²) in [6.07, 6.45) is 3.72. The van der Waals surface area contributed by atoms with Gasteiger partial charge in [0.05, 0.1) is 4.90 Å². The van der Waals surface area contributed by atoms with Crippen LogP contribution in [0.25, 0.3) is 10.9 Å². The number of sulfonamides is 1. The summed E-state index contributed by atoms with van der Waals surface area (Å²) in [7, 11) is -1.69. The second-order valence-electron chi connectivity index (χ2n) is 8.04. The number of hydrogen-bond acceptors (Lipinski definition) is 4. The quantitative estimate of drug-likeness (QED) is 0.693. The molecule has 0 saturated carbocycles. The lowest BCUT2D eigenvalue weighted by molar-refractivity contribution is 0.0931. The van der Waals surface area contributed by atoms with E-state index >= 15 is 0 Å². The average Bonchev–Trinajstić information content (AvgIpc) is 3.06. The molecule has 1 fully saturated rings. The average molecular weight is 435 g/mol. The number of piperidine rings is 1. The van der Waals surface area contributed by atoms with Gasteiger partial charge in [0.2, 0.25) is 10.0 Å². The van der Waals surface area contributed by atoms with Gasteiger partial charge in [-0.3, -0.25) is 9.69 Å². The van der Waals surface area contributed by atoms with Crippen molar-refractivity contribution in [2.45, 2.75) is 51.0 Å².